The molecule has 7 heteroatoms. The highest BCUT2D eigenvalue weighted by molar-refractivity contribution is 5.45. The number of rotatable bonds is 2. The number of piperazine rings is 1. The summed E-state index contributed by atoms with van der Waals surface area (Å²) in [5.74, 6) is 0.644. The van der Waals surface area contributed by atoms with Gasteiger partial charge in [-0.3, -0.25) is 4.90 Å². The van der Waals surface area contributed by atoms with E-state index in [4.69, 9.17) is 5.26 Å². The average molecular weight is 270 g/mol. The molecule has 1 aliphatic heterocycles. The van der Waals surface area contributed by atoms with Crippen LogP contribution >= 0.6 is 0 Å². The maximum atomic E-state index is 12.3. The summed E-state index contributed by atoms with van der Waals surface area (Å²) in [4.78, 5) is 7.42. The molecule has 0 aliphatic carbocycles. The predicted molar refractivity (Wildman–Crippen MR) is 63.7 cm³/mol. The van der Waals surface area contributed by atoms with Crippen molar-refractivity contribution in [2.45, 2.75) is 6.18 Å². The van der Waals surface area contributed by atoms with E-state index in [0.29, 0.717) is 37.6 Å². The van der Waals surface area contributed by atoms with E-state index < -0.39 is 12.7 Å². The van der Waals surface area contributed by atoms with Gasteiger partial charge in [-0.25, -0.2) is 4.98 Å². The minimum atomic E-state index is -4.15. The largest absolute Gasteiger partial charge is 0.401 e. The van der Waals surface area contributed by atoms with Crippen LogP contribution in [0.5, 0.6) is 0 Å². The first-order valence-electron chi connectivity index (χ1n) is 5.88. The third-order valence-electron chi connectivity index (χ3n) is 2.97. The van der Waals surface area contributed by atoms with Crippen LogP contribution in [0.2, 0.25) is 0 Å². The van der Waals surface area contributed by atoms with Crippen LogP contribution in [0, 0.1) is 11.3 Å². The molecule has 1 saturated heterocycles. The van der Waals surface area contributed by atoms with Crippen molar-refractivity contribution in [2.24, 2.45) is 0 Å². The van der Waals surface area contributed by atoms with Crippen molar-refractivity contribution in [2.75, 3.05) is 37.6 Å². The second kappa shape index (κ2) is 5.45. The monoisotopic (exact) mass is 270 g/mol. The third-order valence-corrected chi connectivity index (χ3v) is 2.97. The highest BCUT2D eigenvalue weighted by Crippen LogP contribution is 2.19. The van der Waals surface area contributed by atoms with Gasteiger partial charge >= 0.3 is 6.18 Å². The summed E-state index contributed by atoms with van der Waals surface area (Å²) in [6.07, 6.45) is -2.61. The van der Waals surface area contributed by atoms with Crippen molar-refractivity contribution in [3.05, 3.63) is 23.9 Å². The van der Waals surface area contributed by atoms with E-state index in [1.807, 2.05) is 11.0 Å². The third kappa shape index (κ3) is 3.83. The SMILES string of the molecule is N#Cc1ccnc(N2CCN(CC(F)(F)F)CC2)c1. The first-order chi connectivity index (χ1) is 8.98. The minimum Gasteiger partial charge on any atom is -0.354 e. The molecular weight excluding hydrogens is 257 g/mol. The van der Waals surface area contributed by atoms with Crippen LogP contribution in [-0.4, -0.2) is 48.8 Å². The van der Waals surface area contributed by atoms with Crippen LogP contribution in [0.1, 0.15) is 5.56 Å². The fourth-order valence-corrected chi connectivity index (χ4v) is 2.05. The molecule has 0 unspecified atom stereocenters. The second-order valence-corrected chi connectivity index (χ2v) is 4.39. The first-order valence-corrected chi connectivity index (χ1v) is 5.88. The fourth-order valence-electron chi connectivity index (χ4n) is 2.05. The molecule has 0 amide bonds. The van der Waals surface area contributed by atoms with Crippen LogP contribution in [0.25, 0.3) is 0 Å². The summed E-state index contributed by atoms with van der Waals surface area (Å²) in [6, 6.07) is 5.27. The Morgan fingerprint density at radius 2 is 1.95 bits per heavy atom. The van der Waals surface area contributed by atoms with Crippen LogP contribution in [0.4, 0.5) is 19.0 Å². The molecule has 4 nitrogen and oxygen atoms in total. The van der Waals surface area contributed by atoms with E-state index in [1.165, 1.54) is 11.1 Å². The van der Waals surface area contributed by atoms with Gasteiger partial charge in [0.2, 0.25) is 0 Å². The Hall–Kier alpha value is -1.81. The number of anilines is 1. The van der Waals surface area contributed by atoms with Gasteiger partial charge in [-0.05, 0) is 12.1 Å². The molecule has 102 valence electrons. The summed E-state index contributed by atoms with van der Waals surface area (Å²) in [5.41, 5.74) is 0.503. The van der Waals surface area contributed by atoms with Crippen LogP contribution in [-0.2, 0) is 0 Å². The van der Waals surface area contributed by atoms with E-state index in [0.717, 1.165) is 0 Å². The summed E-state index contributed by atoms with van der Waals surface area (Å²) >= 11 is 0. The lowest BCUT2D eigenvalue weighted by Crippen LogP contribution is -2.49. The van der Waals surface area contributed by atoms with E-state index in [1.54, 1.807) is 12.1 Å². The average Bonchev–Trinajstić information content (AvgIpc) is 2.38. The van der Waals surface area contributed by atoms with Crippen molar-refractivity contribution in [1.82, 2.24) is 9.88 Å². The highest BCUT2D eigenvalue weighted by atomic mass is 19.4. The number of alkyl halides is 3. The Morgan fingerprint density at radius 1 is 1.26 bits per heavy atom. The van der Waals surface area contributed by atoms with Gasteiger partial charge in [0.05, 0.1) is 18.2 Å². The molecule has 1 aliphatic rings. The Morgan fingerprint density at radius 3 is 2.53 bits per heavy atom. The zero-order valence-electron chi connectivity index (χ0n) is 10.2. The van der Waals surface area contributed by atoms with E-state index in [-0.39, 0.29) is 0 Å². The van der Waals surface area contributed by atoms with Crippen LogP contribution in [0.3, 0.4) is 0 Å². The number of hydrogen-bond acceptors (Lipinski definition) is 4. The number of nitriles is 1. The van der Waals surface area contributed by atoms with Gasteiger partial charge in [0, 0.05) is 32.4 Å². The van der Waals surface area contributed by atoms with Crippen molar-refractivity contribution in [3.63, 3.8) is 0 Å². The molecule has 19 heavy (non-hydrogen) atoms. The molecule has 0 bridgehead atoms. The number of aromatic nitrogens is 1. The number of halogens is 3. The molecule has 0 N–H and O–H groups in total. The van der Waals surface area contributed by atoms with Crippen LogP contribution < -0.4 is 4.90 Å². The molecule has 2 rings (SSSR count). The second-order valence-electron chi connectivity index (χ2n) is 4.39. The molecule has 0 radical (unpaired) electrons. The zero-order valence-corrected chi connectivity index (χ0v) is 10.2. The normalized spacial score (nSPS) is 17.3. The zero-order chi connectivity index (χ0) is 13.9. The van der Waals surface area contributed by atoms with Crippen molar-refractivity contribution < 1.29 is 13.2 Å². The molecule has 1 aromatic rings. The molecule has 0 saturated carbocycles. The van der Waals surface area contributed by atoms with E-state index in [9.17, 15) is 13.2 Å². The van der Waals surface area contributed by atoms with Gasteiger partial charge in [-0.1, -0.05) is 0 Å². The van der Waals surface area contributed by atoms with Crippen LogP contribution in [0.15, 0.2) is 18.3 Å². The molecule has 2 heterocycles. The first kappa shape index (κ1) is 13.6. The Labute approximate surface area is 109 Å². The maximum absolute atomic E-state index is 12.3. The number of hydrogen-bond donors (Lipinski definition) is 0. The smallest absolute Gasteiger partial charge is 0.354 e. The Balaban J connectivity index is 1.94. The predicted octanol–water partition coefficient (Wildman–Crippen LogP) is 1.64. The lowest BCUT2D eigenvalue weighted by atomic mass is 10.2. The number of pyridine rings is 1. The summed E-state index contributed by atoms with van der Waals surface area (Å²) < 4.78 is 36.8. The Kier molecular flexibility index (Phi) is 3.90. The van der Waals surface area contributed by atoms with Gasteiger partial charge in [-0.2, -0.15) is 18.4 Å². The Bertz CT molecular complexity index is 473. The van der Waals surface area contributed by atoms with Crippen molar-refractivity contribution >= 4 is 5.82 Å². The van der Waals surface area contributed by atoms with Crippen molar-refractivity contribution in [3.8, 4) is 6.07 Å². The lowest BCUT2D eigenvalue weighted by molar-refractivity contribution is -0.146. The van der Waals surface area contributed by atoms with Gasteiger partial charge in [-0.15, -0.1) is 0 Å². The van der Waals surface area contributed by atoms with E-state index >= 15 is 0 Å². The fraction of sp³-hybridized carbons (Fsp3) is 0.500. The standard InChI is InChI=1S/C12H13F3N4/c13-12(14,15)9-18-3-5-19(6-4-18)11-7-10(8-16)1-2-17-11/h1-2,7H,3-6,9H2. The topological polar surface area (TPSA) is 43.2 Å². The molecule has 1 fully saturated rings. The van der Waals surface area contributed by atoms with Gasteiger partial charge in [0.25, 0.3) is 0 Å². The van der Waals surface area contributed by atoms with Crippen molar-refractivity contribution in [1.29, 1.82) is 5.26 Å². The maximum Gasteiger partial charge on any atom is 0.401 e. The highest BCUT2D eigenvalue weighted by Gasteiger charge is 2.32. The summed E-state index contributed by atoms with van der Waals surface area (Å²) in [5, 5.41) is 8.80. The molecule has 0 atom stereocenters. The van der Waals surface area contributed by atoms with Gasteiger partial charge in [0.1, 0.15) is 5.82 Å². The molecule has 0 spiro atoms. The minimum absolute atomic E-state index is 0.345. The lowest BCUT2D eigenvalue weighted by Gasteiger charge is -2.35. The summed E-state index contributed by atoms with van der Waals surface area (Å²) in [6.45, 7) is 0.790. The quantitative estimate of drug-likeness (QED) is 0.819. The summed E-state index contributed by atoms with van der Waals surface area (Å²) in [7, 11) is 0. The molecule has 1 aromatic heterocycles. The number of nitrogens with zero attached hydrogens (tertiary/aromatic N) is 4. The van der Waals surface area contributed by atoms with E-state index in [2.05, 4.69) is 4.98 Å². The van der Waals surface area contributed by atoms with Gasteiger partial charge < -0.3 is 4.90 Å². The molecule has 0 aromatic carbocycles. The molecular formula is C12H13F3N4. The van der Waals surface area contributed by atoms with Gasteiger partial charge in [0.15, 0.2) is 0 Å².